The standard InChI is InChI=1S/C16H20N2O2S/c1-2-5-14(6-3-1)11-18-8-4-9-19-15(12-18)13-21-16-17-7-10-20-16/h1-3,5-7,10,15H,4,8-9,11-13H2/t15-/m1/s1. The molecule has 0 N–H and O–H groups in total. The molecule has 0 unspecified atom stereocenters. The van der Waals surface area contributed by atoms with Gasteiger partial charge in [0.2, 0.25) is 0 Å². The highest BCUT2D eigenvalue weighted by Crippen LogP contribution is 2.19. The summed E-state index contributed by atoms with van der Waals surface area (Å²) in [6, 6.07) is 10.6. The van der Waals surface area contributed by atoms with Gasteiger partial charge in [0, 0.05) is 32.0 Å². The number of hydrogen-bond donors (Lipinski definition) is 0. The normalized spacial score (nSPS) is 20.3. The van der Waals surface area contributed by atoms with Crippen LogP contribution in [0.2, 0.25) is 0 Å². The summed E-state index contributed by atoms with van der Waals surface area (Å²) >= 11 is 1.62. The van der Waals surface area contributed by atoms with Crippen LogP contribution in [0.5, 0.6) is 0 Å². The first kappa shape index (κ1) is 14.6. The Morgan fingerprint density at radius 3 is 3.00 bits per heavy atom. The van der Waals surface area contributed by atoms with Crippen molar-refractivity contribution in [2.75, 3.05) is 25.4 Å². The Kier molecular flexibility index (Phi) is 5.32. The molecule has 0 aliphatic carbocycles. The highest BCUT2D eigenvalue weighted by atomic mass is 32.2. The molecule has 0 spiro atoms. The summed E-state index contributed by atoms with van der Waals surface area (Å²) in [7, 11) is 0. The minimum Gasteiger partial charge on any atom is -0.440 e. The van der Waals surface area contributed by atoms with Crippen LogP contribution in [0, 0.1) is 0 Å². The van der Waals surface area contributed by atoms with Crippen LogP contribution in [-0.2, 0) is 11.3 Å². The smallest absolute Gasteiger partial charge is 0.255 e. The van der Waals surface area contributed by atoms with E-state index < -0.39 is 0 Å². The van der Waals surface area contributed by atoms with Crippen LogP contribution in [-0.4, -0.2) is 41.4 Å². The third-order valence-corrected chi connectivity index (χ3v) is 4.47. The number of rotatable bonds is 5. The third kappa shape index (κ3) is 4.59. The molecule has 21 heavy (non-hydrogen) atoms. The number of oxazole rings is 1. The number of nitrogens with zero attached hydrogens (tertiary/aromatic N) is 2. The van der Waals surface area contributed by atoms with Crippen LogP contribution in [0.4, 0.5) is 0 Å². The van der Waals surface area contributed by atoms with Crippen molar-refractivity contribution in [1.82, 2.24) is 9.88 Å². The number of benzene rings is 1. The van der Waals surface area contributed by atoms with Gasteiger partial charge in [0.1, 0.15) is 6.26 Å². The highest BCUT2D eigenvalue weighted by Gasteiger charge is 2.19. The zero-order valence-electron chi connectivity index (χ0n) is 12.0. The maximum Gasteiger partial charge on any atom is 0.255 e. The van der Waals surface area contributed by atoms with Gasteiger partial charge in [-0.3, -0.25) is 4.90 Å². The number of aromatic nitrogens is 1. The molecule has 0 saturated carbocycles. The van der Waals surface area contributed by atoms with Crippen molar-refractivity contribution in [3.8, 4) is 0 Å². The molecule has 0 radical (unpaired) electrons. The minimum absolute atomic E-state index is 0.230. The Balaban J connectivity index is 1.53. The molecule has 1 aliphatic rings. The predicted octanol–water partition coefficient (Wildman–Crippen LogP) is 3.06. The SMILES string of the molecule is c1ccc(CN2CCCO[C@@H](CSc3ncco3)C2)cc1. The molecule has 1 aliphatic heterocycles. The maximum absolute atomic E-state index is 5.94. The van der Waals surface area contributed by atoms with Crippen LogP contribution >= 0.6 is 11.8 Å². The molecule has 1 saturated heterocycles. The second kappa shape index (κ2) is 7.64. The van der Waals surface area contributed by atoms with Crippen molar-refractivity contribution in [3.63, 3.8) is 0 Å². The summed E-state index contributed by atoms with van der Waals surface area (Å²) in [5, 5.41) is 0.720. The molecular weight excluding hydrogens is 284 g/mol. The molecule has 0 bridgehead atoms. The van der Waals surface area contributed by atoms with Gasteiger partial charge in [0.25, 0.3) is 5.22 Å². The molecular formula is C16H20N2O2S. The topological polar surface area (TPSA) is 38.5 Å². The summed E-state index contributed by atoms with van der Waals surface area (Å²) in [5.74, 6) is 0.881. The van der Waals surface area contributed by atoms with E-state index in [4.69, 9.17) is 9.15 Å². The Morgan fingerprint density at radius 1 is 1.29 bits per heavy atom. The predicted molar refractivity (Wildman–Crippen MR) is 83.3 cm³/mol. The van der Waals surface area contributed by atoms with Crippen molar-refractivity contribution in [2.45, 2.75) is 24.3 Å². The summed E-state index contributed by atoms with van der Waals surface area (Å²) in [4.78, 5) is 6.61. The fourth-order valence-electron chi connectivity index (χ4n) is 2.50. The van der Waals surface area contributed by atoms with Crippen molar-refractivity contribution in [2.24, 2.45) is 0 Å². The van der Waals surface area contributed by atoms with Crippen LogP contribution in [0.1, 0.15) is 12.0 Å². The summed E-state index contributed by atoms with van der Waals surface area (Å²) in [6.07, 6.45) is 4.61. The van der Waals surface area contributed by atoms with Crippen LogP contribution < -0.4 is 0 Å². The Morgan fingerprint density at radius 2 is 2.19 bits per heavy atom. The lowest BCUT2D eigenvalue weighted by Crippen LogP contribution is -2.32. The van der Waals surface area contributed by atoms with E-state index in [0.29, 0.717) is 0 Å². The second-order valence-electron chi connectivity index (χ2n) is 5.18. The Bertz CT molecular complexity index is 518. The monoisotopic (exact) mass is 304 g/mol. The molecule has 1 aromatic heterocycles. The van der Waals surface area contributed by atoms with Gasteiger partial charge in [0.05, 0.1) is 12.3 Å². The number of thioether (sulfide) groups is 1. The largest absolute Gasteiger partial charge is 0.440 e. The minimum atomic E-state index is 0.230. The molecule has 4 nitrogen and oxygen atoms in total. The van der Waals surface area contributed by atoms with Crippen molar-refractivity contribution >= 4 is 11.8 Å². The molecule has 1 aromatic carbocycles. The summed E-state index contributed by atoms with van der Waals surface area (Å²) in [5.41, 5.74) is 1.36. The number of ether oxygens (including phenoxy) is 1. The van der Waals surface area contributed by atoms with Gasteiger partial charge in [0.15, 0.2) is 0 Å². The van der Waals surface area contributed by atoms with Gasteiger partial charge in [-0.1, -0.05) is 42.1 Å². The Hall–Kier alpha value is -1.30. The van der Waals surface area contributed by atoms with E-state index >= 15 is 0 Å². The lowest BCUT2D eigenvalue weighted by atomic mass is 10.2. The molecule has 2 heterocycles. The van der Waals surface area contributed by atoms with Crippen LogP contribution in [0.15, 0.2) is 52.4 Å². The quantitative estimate of drug-likeness (QED) is 0.794. The highest BCUT2D eigenvalue weighted by molar-refractivity contribution is 7.99. The van der Waals surface area contributed by atoms with E-state index in [0.717, 1.165) is 43.6 Å². The summed E-state index contributed by atoms with van der Waals surface area (Å²) < 4.78 is 11.2. The first-order valence-corrected chi connectivity index (χ1v) is 8.29. The molecule has 3 rings (SSSR count). The van der Waals surface area contributed by atoms with Crippen molar-refractivity contribution < 1.29 is 9.15 Å². The molecule has 1 fully saturated rings. The van der Waals surface area contributed by atoms with Crippen LogP contribution in [0.25, 0.3) is 0 Å². The van der Waals surface area contributed by atoms with E-state index in [2.05, 4.69) is 40.2 Å². The maximum atomic E-state index is 5.94. The van der Waals surface area contributed by atoms with Gasteiger partial charge in [-0.15, -0.1) is 0 Å². The van der Waals surface area contributed by atoms with Gasteiger partial charge in [-0.05, 0) is 12.0 Å². The molecule has 1 atom stereocenters. The zero-order valence-corrected chi connectivity index (χ0v) is 12.8. The fraction of sp³-hybridized carbons (Fsp3) is 0.438. The van der Waals surface area contributed by atoms with Gasteiger partial charge in [-0.2, -0.15) is 0 Å². The first-order chi connectivity index (χ1) is 10.4. The van der Waals surface area contributed by atoms with Gasteiger partial charge >= 0.3 is 0 Å². The molecule has 5 heteroatoms. The third-order valence-electron chi connectivity index (χ3n) is 3.49. The van der Waals surface area contributed by atoms with Crippen molar-refractivity contribution in [3.05, 3.63) is 48.4 Å². The zero-order chi connectivity index (χ0) is 14.3. The van der Waals surface area contributed by atoms with Crippen molar-refractivity contribution in [1.29, 1.82) is 0 Å². The molecule has 2 aromatic rings. The van der Waals surface area contributed by atoms with Gasteiger partial charge in [-0.25, -0.2) is 4.98 Å². The fourth-order valence-corrected chi connectivity index (χ4v) is 3.29. The van der Waals surface area contributed by atoms with E-state index in [1.807, 2.05) is 0 Å². The average molecular weight is 304 g/mol. The van der Waals surface area contributed by atoms with E-state index in [9.17, 15) is 0 Å². The van der Waals surface area contributed by atoms with E-state index in [-0.39, 0.29) is 6.10 Å². The summed E-state index contributed by atoms with van der Waals surface area (Å²) in [6.45, 7) is 3.88. The second-order valence-corrected chi connectivity index (χ2v) is 6.15. The molecule has 112 valence electrons. The average Bonchev–Trinajstić information content (AvgIpc) is 2.93. The molecule has 0 amide bonds. The number of hydrogen-bond acceptors (Lipinski definition) is 5. The van der Waals surface area contributed by atoms with E-state index in [1.54, 1.807) is 24.2 Å². The van der Waals surface area contributed by atoms with Gasteiger partial charge < -0.3 is 9.15 Å². The Labute approximate surface area is 129 Å². The lowest BCUT2D eigenvalue weighted by molar-refractivity contribution is 0.0699. The van der Waals surface area contributed by atoms with Crippen LogP contribution in [0.3, 0.4) is 0 Å². The lowest BCUT2D eigenvalue weighted by Gasteiger charge is -2.23. The first-order valence-electron chi connectivity index (χ1n) is 7.30. The van der Waals surface area contributed by atoms with E-state index in [1.165, 1.54) is 5.56 Å².